The van der Waals surface area contributed by atoms with E-state index < -0.39 is 0 Å². The first kappa shape index (κ1) is 11.8. The van der Waals surface area contributed by atoms with E-state index in [1.54, 1.807) is 11.2 Å². The molecule has 3 rings (SSSR count). The number of carbonyl (C=O) groups is 1. The van der Waals surface area contributed by atoms with Crippen LogP contribution >= 0.6 is 0 Å². The molecule has 0 spiro atoms. The summed E-state index contributed by atoms with van der Waals surface area (Å²) in [5.74, 6) is -0.110. The minimum absolute atomic E-state index is 0.110. The molecule has 0 N–H and O–H groups in total. The molecule has 1 atom stereocenters. The molecule has 0 bridgehead atoms. The van der Waals surface area contributed by atoms with E-state index in [9.17, 15) is 4.79 Å². The van der Waals surface area contributed by atoms with Crippen molar-refractivity contribution in [2.75, 3.05) is 0 Å². The van der Waals surface area contributed by atoms with Gasteiger partial charge in [0, 0.05) is 0 Å². The average molecular weight is 254 g/mol. The van der Waals surface area contributed by atoms with Crippen LogP contribution in [-0.4, -0.2) is 34.6 Å². The highest BCUT2D eigenvalue weighted by Crippen LogP contribution is 2.16. The lowest BCUT2D eigenvalue weighted by Crippen LogP contribution is -2.45. The van der Waals surface area contributed by atoms with Gasteiger partial charge in [0.2, 0.25) is 0 Å². The largest absolute Gasteiger partial charge is 0.293 e. The van der Waals surface area contributed by atoms with Gasteiger partial charge >= 0.3 is 0 Å². The summed E-state index contributed by atoms with van der Waals surface area (Å²) >= 11 is 0. The van der Waals surface area contributed by atoms with Gasteiger partial charge in [-0.15, -0.1) is 5.10 Å². The Morgan fingerprint density at radius 2 is 1.89 bits per heavy atom. The zero-order chi connectivity index (χ0) is 13.4. The lowest BCUT2D eigenvalue weighted by Gasteiger charge is -2.23. The number of amides is 1. The molecule has 0 fully saturated rings. The first-order chi connectivity index (χ1) is 9.15. The summed E-state index contributed by atoms with van der Waals surface area (Å²) in [6.45, 7) is 4.38. The van der Waals surface area contributed by atoms with Crippen LogP contribution in [0.1, 0.15) is 18.1 Å². The maximum Gasteiger partial charge on any atom is 0.278 e. The summed E-state index contributed by atoms with van der Waals surface area (Å²) in [4.78, 5) is 18.2. The molecule has 1 amide bonds. The first-order valence-corrected chi connectivity index (χ1v) is 6.17. The molecule has 1 aromatic carbocycles. The number of nitrogens with zero attached hydrogens (tertiary/aromatic N) is 4. The molecule has 1 aromatic rings. The van der Waals surface area contributed by atoms with Gasteiger partial charge in [0.1, 0.15) is 6.04 Å². The molecule has 0 radical (unpaired) electrons. The van der Waals surface area contributed by atoms with Crippen LogP contribution in [0.5, 0.6) is 0 Å². The van der Waals surface area contributed by atoms with Crippen LogP contribution in [-0.2, 0) is 11.3 Å². The Morgan fingerprint density at radius 3 is 2.63 bits per heavy atom. The summed E-state index contributed by atoms with van der Waals surface area (Å²) in [5, 5.41) is 7.85. The van der Waals surface area contributed by atoms with E-state index in [0.29, 0.717) is 12.3 Å². The fourth-order valence-corrected chi connectivity index (χ4v) is 2.13. The van der Waals surface area contributed by atoms with Crippen LogP contribution in [0.15, 0.2) is 39.5 Å². The van der Waals surface area contributed by atoms with Gasteiger partial charge in [-0.25, -0.2) is 0 Å². The number of benzene rings is 1. The molecule has 5 heteroatoms. The van der Waals surface area contributed by atoms with Crippen LogP contribution in [0, 0.1) is 6.92 Å². The number of rotatable bonds is 2. The van der Waals surface area contributed by atoms with Gasteiger partial charge in [0.05, 0.1) is 18.6 Å². The number of aryl methyl sites for hydroxylation is 1. The number of carbonyl (C=O) groups excluding carboxylic acids is 1. The standard InChI is InChI=1S/C14H14N4O/c1-9-3-5-11(6-4-9)7-18-8-15-12-10(2)16-17-13(12)14(18)19/h3-6,8,12H,7H2,1-2H3. The molecule has 2 aliphatic rings. The van der Waals surface area contributed by atoms with E-state index in [-0.39, 0.29) is 11.9 Å². The molecule has 2 aliphatic heterocycles. The molecule has 0 saturated heterocycles. The second-order valence-corrected chi connectivity index (χ2v) is 4.81. The van der Waals surface area contributed by atoms with E-state index in [4.69, 9.17) is 0 Å². The number of hydrogen-bond donors (Lipinski definition) is 0. The summed E-state index contributed by atoms with van der Waals surface area (Å²) in [7, 11) is 0. The minimum atomic E-state index is -0.276. The number of aliphatic imine (C=N–C) groups is 1. The van der Waals surface area contributed by atoms with Crippen molar-refractivity contribution in [1.29, 1.82) is 0 Å². The highest BCUT2D eigenvalue weighted by Gasteiger charge is 2.35. The highest BCUT2D eigenvalue weighted by molar-refractivity contribution is 6.48. The van der Waals surface area contributed by atoms with E-state index in [0.717, 1.165) is 11.3 Å². The van der Waals surface area contributed by atoms with E-state index in [1.807, 2.05) is 38.1 Å². The Labute approximate surface area is 111 Å². The van der Waals surface area contributed by atoms with Crippen LogP contribution in [0.2, 0.25) is 0 Å². The Hall–Kier alpha value is -2.30. The molecule has 2 heterocycles. The summed E-state index contributed by atoms with van der Waals surface area (Å²) in [5.41, 5.74) is 3.47. The molecule has 96 valence electrons. The lowest BCUT2D eigenvalue weighted by molar-refractivity contribution is -0.121. The topological polar surface area (TPSA) is 57.4 Å². The van der Waals surface area contributed by atoms with Crippen molar-refractivity contribution in [3.05, 3.63) is 35.4 Å². The third-order valence-electron chi connectivity index (χ3n) is 3.28. The Bertz CT molecular complexity index is 613. The fourth-order valence-electron chi connectivity index (χ4n) is 2.13. The molecule has 19 heavy (non-hydrogen) atoms. The molecule has 5 nitrogen and oxygen atoms in total. The van der Waals surface area contributed by atoms with Crippen molar-refractivity contribution >= 4 is 23.7 Å². The van der Waals surface area contributed by atoms with E-state index in [2.05, 4.69) is 15.2 Å². The van der Waals surface area contributed by atoms with Crippen molar-refractivity contribution in [2.24, 2.45) is 15.2 Å². The van der Waals surface area contributed by atoms with Crippen LogP contribution in [0.3, 0.4) is 0 Å². The summed E-state index contributed by atoms with van der Waals surface area (Å²) < 4.78 is 0. The zero-order valence-electron chi connectivity index (χ0n) is 10.9. The van der Waals surface area contributed by atoms with Gasteiger partial charge in [-0.3, -0.25) is 14.7 Å². The predicted octanol–water partition coefficient (Wildman–Crippen LogP) is 1.56. The van der Waals surface area contributed by atoms with Crippen molar-refractivity contribution in [2.45, 2.75) is 26.4 Å². The summed E-state index contributed by atoms with van der Waals surface area (Å²) in [6, 6.07) is 7.82. The monoisotopic (exact) mass is 254 g/mol. The molecule has 1 unspecified atom stereocenters. The number of fused-ring (bicyclic) bond motifs is 1. The smallest absolute Gasteiger partial charge is 0.278 e. The first-order valence-electron chi connectivity index (χ1n) is 6.17. The highest BCUT2D eigenvalue weighted by atomic mass is 16.2. The van der Waals surface area contributed by atoms with Crippen LogP contribution in [0.25, 0.3) is 0 Å². The second-order valence-electron chi connectivity index (χ2n) is 4.81. The Kier molecular flexibility index (Phi) is 2.74. The molecule has 0 saturated carbocycles. The van der Waals surface area contributed by atoms with Gasteiger partial charge in [0.15, 0.2) is 5.71 Å². The van der Waals surface area contributed by atoms with Gasteiger partial charge in [-0.2, -0.15) is 5.10 Å². The van der Waals surface area contributed by atoms with Crippen molar-refractivity contribution < 1.29 is 4.79 Å². The lowest BCUT2D eigenvalue weighted by atomic mass is 10.1. The van der Waals surface area contributed by atoms with Crippen molar-refractivity contribution in [3.63, 3.8) is 0 Å². The average Bonchev–Trinajstić information content (AvgIpc) is 2.78. The normalized spacial score (nSPS) is 21.3. The van der Waals surface area contributed by atoms with Crippen LogP contribution in [0.4, 0.5) is 0 Å². The SMILES string of the molecule is CC1=NN=C2C(=O)N(Cc3ccc(C)cc3)C=NC12. The van der Waals surface area contributed by atoms with E-state index >= 15 is 0 Å². The number of hydrogen-bond acceptors (Lipinski definition) is 4. The summed E-state index contributed by atoms with van der Waals surface area (Å²) in [6.07, 6.45) is 1.59. The second kappa shape index (κ2) is 4.42. The fraction of sp³-hybridized carbons (Fsp3) is 0.286. The Morgan fingerprint density at radius 1 is 1.16 bits per heavy atom. The third kappa shape index (κ3) is 2.07. The molecule has 0 aliphatic carbocycles. The third-order valence-corrected chi connectivity index (χ3v) is 3.28. The van der Waals surface area contributed by atoms with E-state index in [1.165, 1.54) is 5.56 Å². The van der Waals surface area contributed by atoms with Crippen molar-refractivity contribution in [1.82, 2.24) is 4.90 Å². The molecular formula is C14H14N4O. The molecular weight excluding hydrogens is 240 g/mol. The van der Waals surface area contributed by atoms with Gasteiger partial charge in [-0.1, -0.05) is 29.8 Å². The predicted molar refractivity (Wildman–Crippen MR) is 74.6 cm³/mol. The quantitative estimate of drug-likeness (QED) is 0.790. The van der Waals surface area contributed by atoms with Crippen LogP contribution < -0.4 is 0 Å². The van der Waals surface area contributed by atoms with Gasteiger partial charge in [0.25, 0.3) is 5.91 Å². The minimum Gasteiger partial charge on any atom is -0.293 e. The van der Waals surface area contributed by atoms with Crippen molar-refractivity contribution in [3.8, 4) is 0 Å². The van der Waals surface area contributed by atoms with Gasteiger partial charge < -0.3 is 0 Å². The Balaban J connectivity index is 1.80. The van der Waals surface area contributed by atoms with Gasteiger partial charge in [-0.05, 0) is 19.4 Å². The molecule has 0 aromatic heterocycles. The maximum atomic E-state index is 12.3. The zero-order valence-corrected chi connectivity index (χ0v) is 10.9. The maximum absolute atomic E-state index is 12.3.